The first-order valence-corrected chi connectivity index (χ1v) is 5.81. The zero-order valence-corrected chi connectivity index (χ0v) is 10.00. The van der Waals surface area contributed by atoms with Crippen LogP contribution in [0.2, 0.25) is 0 Å². The maximum Gasteiger partial charge on any atom is 0.249 e. The highest BCUT2D eigenvalue weighted by atomic mass is 35.5. The summed E-state index contributed by atoms with van der Waals surface area (Å²) in [5.41, 5.74) is 0.0594. The van der Waals surface area contributed by atoms with Crippen molar-refractivity contribution >= 4 is 29.1 Å². The van der Waals surface area contributed by atoms with Gasteiger partial charge in [-0.15, -0.1) is 11.6 Å². The van der Waals surface area contributed by atoms with E-state index in [2.05, 4.69) is 20.8 Å². The highest BCUT2D eigenvalue weighted by molar-refractivity contribution is 6.16. The number of nitrogens with zero attached hydrogens (tertiary/aromatic N) is 2. The summed E-state index contributed by atoms with van der Waals surface area (Å²) >= 11 is 5.50. The van der Waals surface area contributed by atoms with Crippen LogP contribution in [0.15, 0.2) is 6.20 Å². The molecule has 1 unspecified atom stereocenters. The van der Waals surface area contributed by atoms with E-state index in [0.717, 1.165) is 0 Å². The van der Waals surface area contributed by atoms with Crippen molar-refractivity contribution < 1.29 is 14.0 Å². The topological polar surface area (TPSA) is 84.0 Å². The third-order valence-electron chi connectivity index (χ3n) is 2.55. The third kappa shape index (κ3) is 2.56. The first-order chi connectivity index (χ1) is 8.61. The zero-order chi connectivity index (χ0) is 13.1. The van der Waals surface area contributed by atoms with E-state index in [4.69, 9.17) is 11.6 Å². The molecule has 2 amide bonds. The second-order valence-electron chi connectivity index (χ2n) is 3.80. The summed E-state index contributed by atoms with van der Waals surface area (Å²) < 4.78 is 13.8. The maximum atomic E-state index is 13.8. The number of imide groups is 1. The molecule has 1 aromatic heterocycles. The van der Waals surface area contributed by atoms with Crippen LogP contribution in [0.4, 0.5) is 10.1 Å². The van der Waals surface area contributed by atoms with Crippen LogP contribution in [0.25, 0.3) is 0 Å². The quantitative estimate of drug-likeness (QED) is 0.621. The molecule has 2 rings (SSSR count). The first-order valence-electron chi connectivity index (χ1n) is 5.28. The summed E-state index contributed by atoms with van der Waals surface area (Å²) in [4.78, 5) is 22.5. The lowest BCUT2D eigenvalue weighted by atomic mass is 10.1. The molecule has 0 bridgehead atoms. The number of hydrogen-bond donors (Lipinski definition) is 2. The van der Waals surface area contributed by atoms with Crippen LogP contribution < -0.4 is 10.6 Å². The number of rotatable bonds is 3. The summed E-state index contributed by atoms with van der Waals surface area (Å²) in [7, 11) is 0. The Balaban J connectivity index is 2.14. The van der Waals surface area contributed by atoms with Crippen LogP contribution in [0.1, 0.15) is 18.5 Å². The molecule has 1 atom stereocenters. The Morgan fingerprint density at radius 1 is 1.56 bits per heavy atom. The fraction of sp³-hybridized carbons (Fsp3) is 0.400. The summed E-state index contributed by atoms with van der Waals surface area (Å²) in [6.45, 7) is 0. The molecule has 0 aromatic carbocycles. The first kappa shape index (κ1) is 12.7. The van der Waals surface area contributed by atoms with Crippen LogP contribution in [-0.4, -0.2) is 28.1 Å². The fourth-order valence-corrected chi connectivity index (χ4v) is 1.79. The summed E-state index contributed by atoms with van der Waals surface area (Å²) in [5, 5.41) is 12.0. The highest BCUT2D eigenvalue weighted by Crippen LogP contribution is 2.19. The average molecular weight is 273 g/mol. The van der Waals surface area contributed by atoms with E-state index in [9.17, 15) is 14.0 Å². The Hall–Kier alpha value is -1.76. The van der Waals surface area contributed by atoms with Crippen molar-refractivity contribution in [2.24, 2.45) is 0 Å². The van der Waals surface area contributed by atoms with Crippen LogP contribution in [0.5, 0.6) is 0 Å². The molecule has 1 aliphatic rings. The van der Waals surface area contributed by atoms with Crippen LogP contribution >= 0.6 is 11.6 Å². The summed E-state index contributed by atoms with van der Waals surface area (Å²) in [5.74, 6) is -1.55. The lowest BCUT2D eigenvalue weighted by Crippen LogP contribution is -2.47. The fourth-order valence-electron chi connectivity index (χ4n) is 1.62. The van der Waals surface area contributed by atoms with E-state index in [-0.39, 0.29) is 29.6 Å². The van der Waals surface area contributed by atoms with Gasteiger partial charge in [-0.3, -0.25) is 14.9 Å². The summed E-state index contributed by atoms with van der Waals surface area (Å²) in [6.07, 6.45) is 1.70. The van der Waals surface area contributed by atoms with Crippen molar-refractivity contribution in [1.82, 2.24) is 15.5 Å². The molecule has 96 valence electrons. The lowest BCUT2D eigenvalue weighted by Gasteiger charge is -2.22. The second-order valence-corrected chi connectivity index (χ2v) is 4.07. The molecule has 0 aliphatic carbocycles. The Labute approximate surface area is 107 Å². The largest absolute Gasteiger partial charge is 0.370 e. The number of anilines is 1. The van der Waals surface area contributed by atoms with Gasteiger partial charge in [0.05, 0.1) is 17.8 Å². The van der Waals surface area contributed by atoms with Crippen molar-refractivity contribution in [3.63, 3.8) is 0 Å². The molecule has 0 spiro atoms. The normalized spacial score (nSPS) is 19.6. The minimum absolute atomic E-state index is 0.00830. The van der Waals surface area contributed by atoms with E-state index in [0.29, 0.717) is 6.42 Å². The van der Waals surface area contributed by atoms with Gasteiger partial charge in [-0.25, -0.2) is 4.39 Å². The van der Waals surface area contributed by atoms with Gasteiger partial charge in [0.25, 0.3) is 0 Å². The Bertz CT molecular complexity index is 497. The van der Waals surface area contributed by atoms with Gasteiger partial charge in [0.1, 0.15) is 11.7 Å². The number of amides is 2. The van der Waals surface area contributed by atoms with Crippen molar-refractivity contribution in [2.75, 3.05) is 5.32 Å². The highest BCUT2D eigenvalue weighted by Gasteiger charge is 2.27. The zero-order valence-electron chi connectivity index (χ0n) is 9.24. The van der Waals surface area contributed by atoms with Gasteiger partial charge in [-0.1, -0.05) is 0 Å². The average Bonchev–Trinajstić information content (AvgIpc) is 2.35. The molecule has 8 heteroatoms. The van der Waals surface area contributed by atoms with Gasteiger partial charge in [0, 0.05) is 6.42 Å². The van der Waals surface area contributed by atoms with E-state index >= 15 is 0 Å². The molecule has 6 nitrogen and oxygen atoms in total. The maximum absolute atomic E-state index is 13.8. The van der Waals surface area contributed by atoms with Gasteiger partial charge in [-0.2, -0.15) is 10.2 Å². The molecule has 18 heavy (non-hydrogen) atoms. The van der Waals surface area contributed by atoms with E-state index < -0.39 is 17.8 Å². The third-order valence-corrected chi connectivity index (χ3v) is 2.80. The molecule has 2 N–H and O–H groups in total. The molecule has 2 heterocycles. The van der Waals surface area contributed by atoms with Gasteiger partial charge in [0.2, 0.25) is 11.8 Å². The summed E-state index contributed by atoms with van der Waals surface area (Å²) in [6, 6.07) is -0.662. The van der Waals surface area contributed by atoms with Crippen molar-refractivity contribution in [3.8, 4) is 0 Å². The predicted octanol–water partition coefficient (Wildman–Crippen LogP) is 0.572. The van der Waals surface area contributed by atoms with Gasteiger partial charge in [0.15, 0.2) is 5.82 Å². The molecule has 0 saturated carbocycles. The van der Waals surface area contributed by atoms with E-state index in [1.54, 1.807) is 0 Å². The number of halogens is 2. The van der Waals surface area contributed by atoms with Gasteiger partial charge < -0.3 is 5.32 Å². The number of nitrogens with one attached hydrogen (secondary N) is 2. The standard InChI is InChI=1S/C10H10ClFN4O2/c11-3-6-9(12)7(4-13-16-6)14-5-1-2-8(17)15-10(5)18/h4-5H,1-3H2,(H,14,16)(H,15,17,18). The number of carbonyl (C=O) groups is 2. The number of hydrogen-bond acceptors (Lipinski definition) is 5. The van der Waals surface area contributed by atoms with Crippen molar-refractivity contribution in [2.45, 2.75) is 24.8 Å². The number of alkyl halides is 1. The monoisotopic (exact) mass is 272 g/mol. The Morgan fingerprint density at radius 3 is 3.00 bits per heavy atom. The number of aromatic nitrogens is 2. The van der Waals surface area contributed by atoms with Gasteiger partial charge in [-0.05, 0) is 6.42 Å². The van der Waals surface area contributed by atoms with Crippen LogP contribution in [0, 0.1) is 5.82 Å². The lowest BCUT2D eigenvalue weighted by molar-refractivity contribution is -0.133. The molecular formula is C10H10ClFN4O2. The van der Waals surface area contributed by atoms with Crippen molar-refractivity contribution in [3.05, 3.63) is 17.7 Å². The van der Waals surface area contributed by atoms with Gasteiger partial charge >= 0.3 is 0 Å². The van der Waals surface area contributed by atoms with Crippen LogP contribution in [0.3, 0.4) is 0 Å². The SMILES string of the molecule is O=C1CCC(Nc2cnnc(CCl)c2F)C(=O)N1. The van der Waals surface area contributed by atoms with E-state index in [1.165, 1.54) is 6.20 Å². The number of carbonyl (C=O) groups excluding carboxylic acids is 2. The Kier molecular flexibility index (Phi) is 3.71. The number of piperidine rings is 1. The van der Waals surface area contributed by atoms with Crippen molar-refractivity contribution in [1.29, 1.82) is 0 Å². The molecule has 1 aromatic rings. The van der Waals surface area contributed by atoms with Crippen LogP contribution in [-0.2, 0) is 15.5 Å². The molecule has 1 aliphatic heterocycles. The minimum Gasteiger partial charge on any atom is -0.370 e. The Morgan fingerprint density at radius 2 is 2.33 bits per heavy atom. The minimum atomic E-state index is -0.662. The predicted molar refractivity (Wildman–Crippen MR) is 61.3 cm³/mol. The molecular weight excluding hydrogens is 263 g/mol. The smallest absolute Gasteiger partial charge is 0.249 e. The molecule has 1 fully saturated rings. The second kappa shape index (κ2) is 5.26. The van der Waals surface area contributed by atoms with E-state index in [1.807, 2.05) is 0 Å². The molecule has 1 saturated heterocycles. The molecule has 0 radical (unpaired) electrons.